The van der Waals surface area contributed by atoms with E-state index >= 15 is 0 Å². The fourth-order valence-electron chi connectivity index (χ4n) is 6.36. The molecule has 0 spiro atoms. The van der Waals surface area contributed by atoms with E-state index < -0.39 is 6.10 Å². The molecule has 0 fully saturated rings. The highest BCUT2D eigenvalue weighted by Crippen LogP contribution is 2.12. The number of rotatable bonds is 42. The summed E-state index contributed by atoms with van der Waals surface area (Å²) in [6, 6.07) is 0. The van der Waals surface area contributed by atoms with Crippen LogP contribution >= 0.6 is 0 Å². The molecule has 0 aliphatic carbocycles. The van der Waals surface area contributed by atoms with E-state index in [4.69, 9.17) is 14.2 Å². The van der Waals surface area contributed by atoms with Gasteiger partial charge in [0.25, 0.3) is 0 Å². The number of allylic oxidation sites excluding steroid dienone is 12. The standard InChI is InChI=1S/C52H88O6/c1-4-7-10-13-16-19-21-23-24-25-26-27-29-30-33-36-39-42-45-51(54)57-48-49(47-56-50(53)44-41-38-35-32-18-15-12-9-6-3)58-52(55)46-43-40-37-34-31-28-22-20-17-14-11-8-5-2/h9,12,18,21,23-28,31-32,49H,4-8,10-11,13-17,19-20,22,29-30,33-48H2,1-3H3/b12-9-,23-21-,25-24-,27-26-,31-28-,32-18-. The Labute approximate surface area is 357 Å². The zero-order chi connectivity index (χ0) is 42.3. The van der Waals surface area contributed by atoms with E-state index in [1.165, 1.54) is 70.6 Å². The van der Waals surface area contributed by atoms with Crippen LogP contribution in [0.1, 0.15) is 220 Å². The number of hydrogen-bond acceptors (Lipinski definition) is 6. The van der Waals surface area contributed by atoms with E-state index in [1.807, 2.05) is 0 Å². The van der Waals surface area contributed by atoms with Crippen molar-refractivity contribution in [1.29, 1.82) is 0 Å². The third-order valence-electron chi connectivity index (χ3n) is 9.98. The largest absolute Gasteiger partial charge is 0.462 e. The number of esters is 3. The molecule has 0 saturated heterocycles. The van der Waals surface area contributed by atoms with Gasteiger partial charge in [0.05, 0.1) is 0 Å². The second-order valence-corrected chi connectivity index (χ2v) is 15.7. The van der Waals surface area contributed by atoms with Crippen LogP contribution in [0.3, 0.4) is 0 Å². The molecule has 0 bridgehead atoms. The molecule has 0 aromatic carbocycles. The summed E-state index contributed by atoms with van der Waals surface area (Å²) in [5, 5.41) is 0. The van der Waals surface area contributed by atoms with Crippen LogP contribution in [-0.2, 0) is 28.6 Å². The minimum Gasteiger partial charge on any atom is -0.462 e. The summed E-state index contributed by atoms with van der Waals surface area (Å²) in [7, 11) is 0. The zero-order valence-electron chi connectivity index (χ0n) is 37.8. The lowest BCUT2D eigenvalue weighted by atomic mass is 10.1. The average Bonchev–Trinajstić information content (AvgIpc) is 3.22. The first kappa shape index (κ1) is 54.9. The fourth-order valence-corrected chi connectivity index (χ4v) is 6.36. The van der Waals surface area contributed by atoms with Crippen molar-refractivity contribution in [3.8, 4) is 0 Å². The van der Waals surface area contributed by atoms with Crippen LogP contribution in [0.2, 0.25) is 0 Å². The molecule has 0 aliphatic rings. The fraction of sp³-hybridized carbons (Fsp3) is 0.712. The lowest BCUT2D eigenvalue weighted by Gasteiger charge is -2.18. The zero-order valence-corrected chi connectivity index (χ0v) is 37.8. The van der Waals surface area contributed by atoms with Crippen molar-refractivity contribution in [2.45, 2.75) is 226 Å². The van der Waals surface area contributed by atoms with Gasteiger partial charge in [-0.15, -0.1) is 0 Å². The normalized spacial score (nSPS) is 12.7. The summed E-state index contributed by atoms with van der Waals surface area (Å²) < 4.78 is 16.6. The van der Waals surface area contributed by atoms with E-state index in [1.54, 1.807) is 0 Å². The van der Waals surface area contributed by atoms with Gasteiger partial charge >= 0.3 is 17.9 Å². The quantitative estimate of drug-likeness (QED) is 0.0201. The molecule has 0 rings (SSSR count). The molecule has 0 heterocycles. The van der Waals surface area contributed by atoms with Crippen molar-refractivity contribution in [2.75, 3.05) is 13.2 Å². The molecule has 0 N–H and O–H groups in total. The molecule has 1 atom stereocenters. The third kappa shape index (κ3) is 44.0. The van der Waals surface area contributed by atoms with E-state index in [2.05, 4.69) is 93.7 Å². The third-order valence-corrected chi connectivity index (χ3v) is 9.98. The highest BCUT2D eigenvalue weighted by molar-refractivity contribution is 5.71. The first-order chi connectivity index (χ1) is 28.5. The smallest absolute Gasteiger partial charge is 0.306 e. The van der Waals surface area contributed by atoms with Crippen LogP contribution in [0, 0.1) is 0 Å². The lowest BCUT2D eigenvalue weighted by Crippen LogP contribution is -2.30. The first-order valence-corrected chi connectivity index (χ1v) is 24.0. The van der Waals surface area contributed by atoms with E-state index in [9.17, 15) is 14.4 Å². The molecule has 0 amide bonds. The van der Waals surface area contributed by atoms with E-state index in [0.29, 0.717) is 19.3 Å². The molecule has 0 aromatic rings. The predicted octanol–water partition coefficient (Wildman–Crippen LogP) is 15.5. The Bertz CT molecular complexity index is 1110. The van der Waals surface area contributed by atoms with Gasteiger partial charge in [0.15, 0.2) is 6.10 Å². The summed E-state index contributed by atoms with van der Waals surface area (Å²) in [6.45, 7) is 6.41. The minimum absolute atomic E-state index is 0.103. The molecular weight excluding hydrogens is 721 g/mol. The number of carbonyl (C=O) groups is 3. The number of unbranched alkanes of at least 4 members (excludes halogenated alkanes) is 21. The Kier molecular flexibility index (Phi) is 44.0. The molecule has 6 heteroatoms. The average molecular weight is 809 g/mol. The van der Waals surface area contributed by atoms with Crippen molar-refractivity contribution in [2.24, 2.45) is 0 Å². The Balaban J connectivity index is 4.42. The summed E-state index contributed by atoms with van der Waals surface area (Å²) >= 11 is 0. The number of ether oxygens (including phenoxy) is 3. The van der Waals surface area contributed by atoms with Gasteiger partial charge in [0.2, 0.25) is 0 Å². The SMILES string of the molecule is CC/C=C\C/C=C\CCCCC(=O)OCC(COC(=O)CCCCCCC\C=C/C=C\C=C/CCCCCCC)OC(=O)CCCCC/C=C\CCCCCCCC. The van der Waals surface area contributed by atoms with Crippen LogP contribution in [0.15, 0.2) is 72.9 Å². The van der Waals surface area contributed by atoms with Gasteiger partial charge in [-0.25, -0.2) is 0 Å². The van der Waals surface area contributed by atoms with Gasteiger partial charge in [-0.05, 0) is 96.3 Å². The van der Waals surface area contributed by atoms with E-state index in [-0.39, 0.29) is 31.1 Å². The highest BCUT2D eigenvalue weighted by atomic mass is 16.6. The molecular formula is C52H88O6. The number of carbonyl (C=O) groups excluding carboxylic acids is 3. The summed E-state index contributed by atoms with van der Waals surface area (Å²) in [4.78, 5) is 37.7. The van der Waals surface area contributed by atoms with Crippen LogP contribution in [0.5, 0.6) is 0 Å². The first-order valence-electron chi connectivity index (χ1n) is 24.0. The maximum Gasteiger partial charge on any atom is 0.306 e. The minimum atomic E-state index is -0.802. The maximum absolute atomic E-state index is 12.7. The van der Waals surface area contributed by atoms with Crippen molar-refractivity contribution in [3.63, 3.8) is 0 Å². The van der Waals surface area contributed by atoms with Crippen LogP contribution in [0.4, 0.5) is 0 Å². The van der Waals surface area contributed by atoms with Crippen LogP contribution in [0.25, 0.3) is 0 Å². The maximum atomic E-state index is 12.7. The topological polar surface area (TPSA) is 78.9 Å². The van der Waals surface area contributed by atoms with Crippen molar-refractivity contribution >= 4 is 17.9 Å². The number of hydrogen-bond donors (Lipinski definition) is 0. The monoisotopic (exact) mass is 809 g/mol. The highest BCUT2D eigenvalue weighted by Gasteiger charge is 2.19. The summed E-state index contributed by atoms with van der Waals surface area (Å²) in [5.41, 5.74) is 0. The van der Waals surface area contributed by atoms with Crippen molar-refractivity contribution in [3.05, 3.63) is 72.9 Å². The van der Waals surface area contributed by atoms with Crippen LogP contribution in [-0.4, -0.2) is 37.2 Å². The van der Waals surface area contributed by atoms with E-state index in [0.717, 1.165) is 109 Å². The van der Waals surface area contributed by atoms with Gasteiger partial charge < -0.3 is 14.2 Å². The second-order valence-electron chi connectivity index (χ2n) is 15.7. The molecule has 6 nitrogen and oxygen atoms in total. The second kappa shape index (κ2) is 46.5. The van der Waals surface area contributed by atoms with Gasteiger partial charge in [0, 0.05) is 19.3 Å². The Morgan fingerprint density at radius 3 is 1.24 bits per heavy atom. The molecule has 58 heavy (non-hydrogen) atoms. The predicted molar refractivity (Wildman–Crippen MR) is 247 cm³/mol. The Hall–Kier alpha value is -3.15. The Morgan fingerprint density at radius 1 is 0.379 bits per heavy atom. The lowest BCUT2D eigenvalue weighted by molar-refractivity contribution is -0.167. The van der Waals surface area contributed by atoms with Gasteiger partial charge in [0.1, 0.15) is 13.2 Å². The summed E-state index contributed by atoms with van der Waals surface area (Å²) in [6.07, 6.45) is 57.5. The molecule has 0 aliphatic heterocycles. The molecule has 0 aromatic heterocycles. The van der Waals surface area contributed by atoms with Gasteiger partial charge in [-0.3, -0.25) is 14.4 Å². The van der Waals surface area contributed by atoms with Gasteiger partial charge in [-0.2, -0.15) is 0 Å². The van der Waals surface area contributed by atoms with Gasteiger partial charge in [-0.1, -0.05) is 177 Å². The Morgan fingerprint density at radius 2 is 0.741 bits per heavy atom. The summed E-state index contributed by atoms with van der Waals surface area (Å²) in [5.74, 6) is -0.979. The molecule has 1 unspecified atom stereocenters. The molecule has 0 saturated carbocycles. The van der Waals surface area contributed by atoms with Crippen LogP contribution < -0.4 is 0 Å². The van der Waals surface area contributed by atoms with Crippen molar-refractivity contribution in [1.82, 2.24) is 0 Å². The molecule has 332 valence electrons. The van der Waals surface area contributed by atoms with Crippen molar-refractivity contribution < 1.29 is 28.6 Å². The molecule has 0 radical (unpaired) electrons.